The van der Waals surface area contributed by atoms with E-state index in [1.165, 1.54) is 18.4 Å². The Balaban J connectivity index is 0.000000396. The highest BCUT2D eigenvalue weighted by Gasteiger charge is 2.22. The number of allylic oxidation sites excluding steroid dienone is 3. The molecule has 0 aromatic heterocycles. The molecule has 0 unspecified atom stereocenters. The van der Waals surface area contributed by atoms with E-state index in [4.69, 9.17) is 4.74 Å². The molecule has 1 heteroatoms. The average Bonchev–Trinajstić information content (AvgIpc) is 2.09. The summed E-state index contributed by atoms with van der Waals surface area (Å²) in [5.74, 6) is 0.749. The van der Waals surface area contributed by atoms with Crippen molar-refractivity contribution in [2.24, 2.45) is 5.92 Å². The molecule has 0 atom stereocenters. The molecular weight excluding hydrogens is 160 g/mol. The van der Waals surface area contributed by atoms with Gasteiger partial charge in [-0.25, -0.2) is 0 Å². The van der Waals surface area contributed by atoms with Gasteiger partial charge in [0.05, 0.1) is 13.2 Å². The van der Waals surface area contributed by atoms with Crippen molar-refractivity contribution in [2.75, 3.05) is 13.2 Å². The van der Waals surface area contributed by atoms with Gasteiger partial charge < -0.3 is 4.74 Å². The van der Waals surface area contributed by atoms with Gasteiger partial charge in [-0.15, -0.1) is 0 Å². The topological polar surface area (TPSA) is 9.23 Å². The van der Waals surface area contributed by atoms with Gasteiger partial charge in [0, 0.05) is 5.92 Å². The SMILES string of the molecule is CC.CC1=CC=C(C2COC2)CC1. The first-order valence-corrected chi connectivity index (χ1v) is 5.30. The second-order valence-corrected chi connectivity index (χ2v) is 3.49. The fraction of sp³-hybridized carbons (Fsp3) is 0.667. The first kappa shape index (κ1) is 10.5. The molecule has 0 amide bonds. The van der Waals surface area contributed by atoms with E-state index in [9.17, 15) is 0 Å². The molecule has 74 valence electrons. The Labute approximate surface area is 81.5 Å². The van der Waals surface area contributed by atoms with Crippen molar-refractivity contribution in [1.29, 1.82) is 0 Å². The lowest BCUT2D eigenvalue weighted by Crippen LogP contribution is -2.29. The van der Waals surface area contributed by atoms with Crippen LogP contribution in [0.25, 0.3) is 0 Å². The monoisotopic (exact) mass is 180 g/mol. The van der Waals surface area contributed by atoms with Crippen molar-refractivity contribution in [3.05, 3.63) is 23.3 Å². The van der Waals surface area contributed by atoms with Crippen molar-refractivity contribution < 1.29 is 4.74 Å². The maximum atomic E-state index is 5.15. The normalized spacial score (nSPS) is 22.1. The molecule has 0 aromatic rings. The molecule has 1 fully saturated rings. The Hall–Kier alpha value is -0.560. The van der Waals surface area contributed by atoms with Gasteiger partial charge in [-0.3, -0.25) is 0 Å². The molecule has 0 N–H and O–H groups in total. The third-order valence-electron chi connectivity index (χ3n) is 2.55. The number of ether oxygens (including phenoxy) is 1. The largest absolute Gasteiger partial charge is 0.380 e. The molecule has 0 radical (unpaired) electrons. The molecule has 13 heavy (non-hydrogen) atoms. The summed E-state index contributed by atoms with van der Waals surface area (Å²) in [6.07, 6.45) is 7.04. The van der Waals surface area contributed by atoms with Crippen LogP contribution < -0.4 is 0 Å². The Morgan fingerprint density at radius 2 is 1.85 bits per heavy atom. The van der Waals surface area contributed by atoms with E-state index in [0.29, 0.717) is 0 Å². The van der Waals surface area contributed by atoms with Crippen molar-refractivity contribution >= 4 is 0 Å². The summed E-state index contributed by atoms with van der Waals surface area (Å²) in [6.45, 7) is 8.11. The van der Waals surface area contributed by atoms with Crippen molar-refractivity contribution in [1.82, 2.24) is 0 Å². The molecule has 1 nitrogen and oxygen atoms in total. The van der Waals surface area contributed by atoms with Gasteiger partial charge >= 0.3 is 0 Å². The van der Waals surface area contributed by atoms with Crippen LogP contribution in [-0.2, 0) is 4.74 Å². The smallest absolute Gasteiger partial charge is 0.0554 e. The summed E-state index contributed by atoms with van der Waals surface area (Å²) in [7, 11) is 0. The van der Waals surface area contributed by atoms with Gasteiger partial charge in [-0.05, 0) is 19.8 Å². The van der Waals surface area contributed by atoms with Crippen LogP contribution in [-0.4, -0.2) is 13.2 Å². The van der Waals surface area contributed by atoms with Gasteiger partial charge in [0.2, 0.25) is 0 Å². The molecule has 2 rings (SSSR count). The second kappa shape index (κ2) is 5.23. The molecule has 0 saturated carbocycles. The summed E-state index contributed by atoms with van der Waals surface area (Å²) >= 11 is 0. The van der Waals surface area contributed by atoms with Crippen LogP contribution in [0.15, 0.2) is 23.3 Å². The van der Waals surface area contributed by atoms with Crippen molar-refractivity contribution in [3.8, 4) is 0 Å². The predicted molar refractivity (Wildman–Crippen MR) is 56.7 cm³/mol. The first-order valence-electron chi connectivity index (χ1n) is 5.30. The maximum Gasteiger partial charge on any atom is 0.0554 e. The Kier molecular flexibility index (Phi) is 4.23. The first-order chi connectivity index (χ1) is 6.36. The lowest BCUT2D eigenvalue weighted by Gasteiger charge is -2.29. The van der Waals surface area contributed by atoms with E-state index in [0.717, 1.165) is 19.1 Å². The summed E-state index contributed by atoms with van der Waals surface area (Å²) in [6, 6.07) is 0. The van der Waals surface area contributed by atoms with Gasteiger partial charge in [-0.2, -0.15) is 0 Å². The van der Waals surface area contributed by atoms with Crippen molar-refractivity contribution in [3.63, 3.8) is 0 Å². The average molecular weight is 180 g/mol. The van der Waals surface area contributed by atoms with E-state index in [1.54, 1.807) is 5.57 Å². The van der Waals surface area contributed by atoms with Crippen LogP contribution in [0.2, 0.25) is 0 Å². The zero-order valence-corrected chi connectivity index (χ0v) is 8.97. The van der Waals surface area contributed by atoms with Crippen LogP contribution in [0.3, 0.4) is 0 Å². The molecule has 1 heterocycles. The van der Waals surface area contributed by atoms with Crippen LogP contribution in [0.1, 0.15) is 33.6 Å². The highest BCUT2D eigenvalue weighted by atomic mass is 16.5. The van der Waals surface area contributed by atoms with E-state index in [2.05, 4.69) is 19.1 Å². The Morgan fingerprint density at radius 1 is 1.15 bits per heavy atom. The zero-order chi connectivity index (χ0) is 9.68. The molecule has 0 bridgehead atoms. The molecule has 0 spiro atoms. The fourth-order valence-electron chi connectivity index (χ4n) is 1.55. The predicted octanol–water partition coefficient (Wildman–Crippen LogP) is 3.33. The summed E-state index contributed by atoms with van der Waals surface area (Å²) in [4.78, 5) is 0. The minimum Gasteiger partial charge on any atom is -0.380 e. The Morgan fingerprint density at radius 3 is 2.23 bits per heavy atom. The van der Waals surface area contributed by atoms with Crippen LogP contribution >= 0.6 is 0 Å². The molecule has 1 aliphatic heterocycles. The van der Waals surface area contributed by atoms with Gasteiger partial charge in [0.15, 0.2) is 0 Å². The minimum atomic E-state index is 0.749. The van der Waals surface area contributed by atoms with Gasteiger partial charge in [0.1, 0.15) is 0 Å². The quantitative estimate of drug-likeness (QED) is 0.601. The fourth-order valence-corrected chi connectivity index (χ4v) is 1.55. The highest BCUT2D eigenvalue weighted by Crippen LogP contribution is 2.28. The van der Waals surface area contributed by atoms with Crippen LogP contribution in [0.5, 0.6) is 0 Å². The van der Waals surface area contributed by atoms with Crippen LogP contribution in [0.4, 0.5) is 0 Å². The summed E-state index contributed by atoms with van der Waals surface area (Å²) in [5.41, 5.74) is 3.11. The summed E-state index contributed by atoms with van der Waals surface area (Å²) in [5, 5.41) is 0. The van der Waals surface area contributed by atoms with E-state index < -0.39 is 0 Å². The second-order valence-electron chi connectivity index (χ2n) is 3.49. The molecule has 1 aliphatic carbocycles. The van der Waals surface area contributed by atoms with Gasteiger partial charge in [0.25, 0.3) is 0 Å². The lowest BCUT2D eigenvalue weighted by atomic mass is 9.88. The standard InChI is InChI=1S/C10H14O.C2H6/c1-8-2-4-9(5-3-8)10-6-11-7-10;1-2/h2,4,10H,3,5-7H2,1H3;1-2H3. The summed E-state index contributed by atoms with van der Waals surface area (Å²) < 4.78 is 5.15. The molecule has 0 aromatic carbocycles. The third-order valence-corrected chi connectivity index (χ3v) is 2.55. The lowest BCUT2D eigenvalue weighted by molar-refractivity contribution is -0.0148. The van der Waals surface area contributed by atoms with Crippen molar-refractivity contribution in [2.45, 2.75) is 33.6 Å². The molecular formula is C12H20O. The molecule has 1 saturated heterocycles. The maximum absolute atomic E-state index is 5.15. The number of hydrogen-bond donors (Lipinski definition) is 0. The van der Waals surface area contributed by atoms with Gasteiger partial charge in [-0.1, -0.05) is 37.1 Å². The van der Waals surface area contributed by atoms with E-state index >= 15 is 0 Å². The minimum absolute atomic E-state index is 0.749. The third kappa shape index (κ3) is 2.70. The Bertz CT molecular complexity index is 209. The van der Waals surface area contributed by atoms with E-state index in [-0.39, 0.29) is 0 Å². The number of rotatable bonds is 1. The highest BCUT2D eigenvalue weighted by molar-refractivity contribution is 5.25. The van der Waals surface area contributed by atoms with Crippen LogP contribution in [0, 0.1) is 5.92 Å². The van der Waals surface area contributed by atoms with E-state index in [1.807, 2.05) is 13.8 Å². The zero-order valence-electron chi connectivity index (χ0n) is 8.97. The number of hydrogen-bond acceptors (Lipinski definition) is 1. The molecule has 2 aliphatic rings.